The molecule has 0 saturated heterocycles. The molecule has 1 atom stereocenters. The molecule has 0 spiro atoms. The zero-order chi connectivity index (χ0) is 27.0. The molecule has 3 aromatic carbocycles. The Bertz CT molecular complexity index is 1210. The fraction of sp³-hybridized carbons (Fsp3) is 0.310. The second-order valence-electron chi connectivity index (χ2n) is 8.71. The van der Waals surface area contributed by atoms with Gasteiger partial charge >= 0.3 is 11.9 Å². The maximum Gasteiger partial charge on any atom is 0.348 e. The third kappa shape index (κ3) is 7.17. The third-order valence-corrected chi connectivity index (χ3v) is 6.86. The average Bonchev–Trinajstić information content (AvgIpc) is 2.92. The number of hydrogen-bond donors (Lipinski definition) is 1. The van der Waals surface area contributed by atoms with Crippen LogP contribution in [-0.4, -0.2) is 43.1 Å². The highest BCUT2D eigenvalue weighted by Crippen LogP contribution is 2.30. The fourth-order valence-corrected chi connectivity index (χ4v) is 4.32. The van der Waals surface area contributed by atoms with Crippen molar-refractivity contribution in [1.29, 1.82) is 0 Å². The lowest BCUT2D eigenvalue weighted by Gasteiger charge is -2.20. The summed E-state index contributed by atoms with van der Waals surface area (Å²) >= 11 is 3.40. The number of nitrogens with two attached hydrogens (primary N) is 1. The highest BCUT2D eigenvalue weighted by molar-refractivity contribution is 9.10. The Morgan fingerprint density at radius 3 is 2.16 bits per heavy atom. The first kappa shape index (κ1) is 28.3. The Morgan fingerprint density at radius 2 is 1.54 bits per heavy atom. The van der Waals surface area contributed by atoms with Gasteiger partial charge in [0.25, 0.3) is 0 Å². The first-order valence-electron chi connectivity index (χ1n) is 12.2. The Kier molecular flexibility index (Phi) is 9.83. The summed E-state index contributed by atoms with van der Waals surface area (Å²) in [7, 11) is 0. The first-order chi connectivity index (χ1) is 17.7. The molecule has 8 heteroatoms. The molecule has 0 heterocycles. The number of nitrogens with zero attached hydrogens (tertiary/aromatic N) is 1. The van der Waals surface area contributed by atoms with Crippen molar-refractivity contribution in [3.05, 3.63) is 87.9 Å². The minimum Gasteiger partial charge on any atom is -0.459 e. The number of rotatable bonds is 11. The zero-order valence-corrected chi connectivity index (χ0v) is 22.9. The molecule has 2 N–H and O–H groups in total. The van der Waals surface area contributed by atoms with Crippen LogP contribution in [0.15, 0.2) is 71.2 Å². The molecule has 3 aromatic rings. The molecule has 1 unspecified atom stereocenters. The molecular weight excluding hydrogens is 539 g/mol. The van der Waals surface area contributed by atoms with Gasteiger partial charge in [-0.05, 0) is 64.8 Å². The topological polar surface area (TPSA) is 81.9 Å². The average molecular weight is 571 g/mol. The van der Waals surface area contributed by atoms with E-state index < -0.39 is 17.6 Å². The second kappa shape index (κ2) is 12.8. The van der Waals surface area contributed by atoms with Crippen molar-refractivity contribution < 1.29 is 23.5 Å². The quantitative estimate of drug-likeness (QED) is 0.170. The number of alkyl halides is 1. The lowest BCUT2D eigenvalue weighted by atomic mass is 9.95. The van der Waals surface area contributed by atoms with Crippen molar-refractivity contribution in [2.24, 2.45) is 0 Å². The van der Waals surface area contributed by atoms with Crippen LogP contribution in [0.3, 0.4) is 0 Å². The van der Waals surface area contributed by atoms with E-state index in [4.69, 9.17) is 15.2 Å². The molecule has 0 fully saturated rings. The minimum atomic E-state index is -2.35. The molecule has 3 rings (SSSR count). The minimum absolute atomic E-state index is 0.182. The Balaban J connectivity index is 1.55. The smallest absolute Gasteiger partial charge is 0.348 e. The number of nitrogen functional groups attached to an aromatic ring is 1. The van der Waals surface area contributed by atoms with Gasteiger partial charge in [-0.3, -0.25) is 4.90 Å². The molecule has 0 saturated carbocycles. The highest BCUT2D eigenvalue weighted by atomic mass is 79.9. The number of carbonyl (C=O) groups excluding carboxylic acids is 2. The van der Waals surface area contributed by atoms with E-state index >= 15 is 4.39 Å². The molecule has 0 aromatic heterocycles. The number of anilines is 1. The van der Waals surface area contributed by atoms with Crippen LogP contribution in [0.2, 0.25) is 0 Å². The summed E-state index contributed by atoms with van der Waals surface area (Å²) in [4.78, 5) is 27.2. The van der Waals surface area contributed by atoms with Gasteiger partial charge in [-0.1, -0.05) is 68.4 Å². The van der Waals surface area contributed by atoms with E-state index in [1.807, 2.05) is 30.3 Å². The molecule has 0 aliphatic heterocycles. The van der Waals surface area contributed by atoms with Gasteiger partial charge in [-0.25, -0.2) is 14.0 Å². The maximum absolute atomic E-state index is 15.3. The summed E-state index contributed by atoms with van der Waals surface area (Å²) in [5.74, 6) is -1.63. The highest BCUT2D eigenvalue weighted by Gasteiger charge is 2.37. The van der Waals surface area contributed by atoms with Gasteiger partial charge in [-0.2, -0.15) is 0 Å². The molecular formula is C29H32BrFN2O4. The number of carbonyl (C=O) groups is 2. The van der Waals surface area contributed by atoms with Gasteiger partial charge in [0.05, 0.1) is 11.3 Å². The van der Waals surface area contributed by atoms with E-state index in [1.54, 1.807) is 36.4 Å². The van der Waals surface area contributed by atoms with Crippen molar-refractivity contribution in [2.75, 3.05) is 32.0 Å². The summed E-state index contributed by atoms with van der Waals surface area (Å²) in [6.07, 6.45) is 0. The predicted molar refractivity (Wildman–Crippen MR) is 147 cm³/mol. The van der Waals surface area contributed by atoms with Crippen LogP contribution < -0.4 is 5.73 Å². The van der Waals surface area contributed by atoms with Gasteiger partial charge in [0.1, 0.15) is 13.2 Å². The van der Waals surface area contributed by atoms with Crippen molar-refractivity contribution in [3.63, 3.8) is 0 Å². The molecule has 37 heavy (non-hydrogen) atoms. The number of ether oxygens (including phenoxy) is 2. The van der Waals surface area contributed by atoms with Crippen molar-refractivity contribution in [1.82, 2.24) is 4.90 Å². The molecule has 196 valence electrons. The predicted octanol–water partition coefficient (Wildman–Crippen LogP) is 6.13. The van der Waals surface area contributed by atoms with Gasteiger partial charge in [0.15, 0.2) is 0 Å². The second-order valence-corrected chi connectivity index (χ2v) is 9.56. The van der Waals surface area contributed by atoms with E-state index in [2.05, 4.69) is 34.7 Å². The van der Waals surface area contributed by atoms with Crippen molar-refractivity contribution in [2.45, 2.75) is 33.0 Å². The number of hydrogen-bond acceptors (Lipinski definition) is 6. The molecule has 0 aliphatic carbocycles. The van der Waals surface area contributed by atoms with Gasteiger partial charge < -0.3 is 15.2 Å². The van der Waals surface area contributed by atoms with Crippen LogP contribution in [0.1, 0.15) is 42.3 Å². The molecule has 0 radical (unpaired) electrons. The van der Waals surface area contributed by atoms with Crippen LogP contribution in [0.5, 0.6) is 0 Å². The summed E-state index contributed by atoms with van der Waals surface area (Å²) in [5.41, 5.74) is 7.61. The van der Waals surface area contributed by atoms with Crippen LogP contribution in [0, 0.1) is 0 Å². The summed E-state index contributed by atoms with van der Waals surface area (Å²) in [6, 6.07) is 19.6. The van der Waals surface area contributed by atoms with Crippen LogP contribution in [0.4, 0.5) is 10.1 Å². The Labute approximate surface area is 225 Å². The fourth-order valence-electron chi connectivity index (χ4n) is 3.82. The van der Waals surface area contributed by atoms with Gasteiger partial charge in [0.2, 0.25) is 5.67 Å². The molecule has 0 amide bonds. The number of halogens is 2. The van der Waals surface area contributed by atoms with Crippen molar-refractivity contribution >= 4 is 33.6 Å². The van der Waals surface area contributed by atoms with E-state index in [9.17, 15) is 9.59 Å². The molecule has 6 nitrogen and oxygen atoms in total. The lowest BCUT2D eigenvalue weighted by molar-refractivity contribution is -0.158. The summed E-state index contributed by atoms with van der Waals surface area (Å²) in [6.45, 7) is 7.07. The third-order valence-electron chi connectivity index (χ3n) is 6.21. The van der Waals surface area contributed by atoms with Crippen LogP contribution >= 0.6 is 15.9 Å². The zero-order valence-electron chi connectivity index (χ0n) is 21.3. The Morgan fingerprint density at radius 1 is 0.946 bits per heavy atom. The van der Waals surface area contributed by atoms with Crippen molar-refractivity contribution in [3.8, 4) is 11.1 Å². The summed E-state index contributed by atoms with van der Waals surface area (Å²) < 4.78 is 26.2. The monoisotopic (exact) mass is 570 g/mol. The largest absolute Gasteiger partial charge is 0.459 e. The van der Waals surface area contributed by atoms with Crippen LogP contribution in [0.25, 0.3) is 11.1 Å². The van der Waals surface area contributed by atoms with E-state index in [0.29, 0.717) is 22.3 Å². The number of esters is 2. The number of benzene rings is 3. The SMILES string of the molecule is CCN(CC)Cc1cc(C(=O)OCCOC(=O)C(C)(F)c2ccc(-c3ccccc3)cc2)cc(Br)c1N. The normalized spacial score (nSPS) is 12.7. The van der Waals surface area contributed by atoms with E-state index in [1.165, 1.54) is 0 Å². The van der Waals surface area contributed by atoms with E-state index in [-0.39, 0.29) is 18.8 Å². The Hall–Kier alpha value is -3.23. The summed E-state index contributed by atoms with van der Waals surface area (Å²) in [5, 5.41) is 0. The van der Waals surface area contributed by atoms with E-state index in [0.717, 1.165) is 36.7 Å². The van der Waals surface area contributed by atoms with Gasteiger partial charge in [-0.15, -0.1) is 0 Å². The maximum atomic E-state index is 15.3. The van der Waals surface area contributed by atoms with Crippen LogP contribution in [-0.2, 0) is 26.5 Å². The van der Waals surface area contributed by atoms with Gasteiger partial charge in [0, 0.05) is 16.6 Å². The molecule has 0 bridgehead atoms. The standard InChI is InChI=1S/C29H32BrFN2O4/c1-4-33(5-2)19-23-17-22(18-25(30)26(23)32)27(34)36-15-16-37-28(35)29(3,31)24-13-11-21(12-14-24)20-9-7-6-8-10-20/h6-14,17-18H,4-5,15-16,19,32H2,1-3H3. The molecule has 0 aliphatic rings. The lowest BCUT2D eigenvalue weighted by Crippen LogP contribution is -2.30. The first-order valence-corrected chi connectivity index (χ1v) is 13.0.